The van der Waals surface area contributed by atoms with Crippen LogP contribution < -0.4 is 9.47 Å². The normalized spacial score (nSPS) is 25.3. The van der Waals surface area contributed by atoms with Crippen molar-refractivity contribution < 1.29 is 23.8 Å². The molecule has 2 aromatic rings. The molecule has 0 spiro atoms. The first-order chi connectivity index (χ1) is 15.0. The van der Waals surface area contributed by atoms with Gasteiger partial charge in [0.25, 0.3) is 0 Å². The first-order valence-electron chi connectivity index (χ1n) is 10.5. The maximum atomic E-state index is 13.5. The molecule has 0 amide bonds. The van der Waals surface area contributed by atoms with E-state index in [4.69, 9.17) is 14.2 Å². The molecule has 0 N–H and O–H groups in total. The molecule has 0 saturated carbocycles. The molecule has 1 aromatic carbocycles. The van der Waals surface area contributed by atoms with Crippen molar-refractivity contribution in [3.8, 4) is 11.5 Å². The van der Waals surface area contributed by atoms with Gasteiger partial charge in [-0.3, -0.25) is 19.5 Å². The van der Waals surface area contributed by atoms with Gasteiger partial charge in [-0.25, -0.2) is 0 Å². The number of nitrogens with zero attached hydrogens (tertiary/aromatic N) is 2. The third kappa shape index (κ3) is 3.57. The molecular weight excluding hydrogens is 396 g/mol. The summed E-state index contributed by atoms with van der Waals surface area (Å²) >= 11 is 0. The lowest BCUT2D eigenvalue weighted by Gasteiger charge is -2.45. The Balaban J connectivity index is 1.77. The van der Waals surface area contributed by atoms with Crippen LogP contribution in [0.25, 0.3) is 0 Å². The Morgan fingerprint density at radius 3 is 2.58 bits per heavy atom. The van der Waals surface area contributed by atoms with E-state index in [1.165, 1.54) is 14.2 Å². The Morgan fingerprint density at radius 2 is 1.90 bits per heavy atom. The van der Waals surface area contributed by atoms with E-state index in [0.717, 1.165) is 18.4 Å². The van der Waals surface area contributed by atoms with Crippen LogP contribution in [0, 0.1) is 5.41 Å². The van der Waals surface area contributed by atoms with Crippen LogP contribution >= 0.6 is 0 Å². The number of rotatable bonds is 7. The molecule has 0 radical (unpaired) electrons. The highest BCUT2D eigenvalue weighted by Crippen LogP contribution is 2.49. The van der Waals surface area contributed by atoms with Crippen molar-refractivity contribution in [3.63, 3.8) is 0 Å². The van der Waals surface area contributed by atoms with Gasteiger partial charge in [0.15, 0.2) is 17.3 Å². The fraction of sp³-hybridized carbons (Fsp3) is 0.458. The molecule has 7 heteroatoms. The maximum Gasteiger partial charge on any atom is 0.321 e. The number of aromatic nitrogens is 1. The van der Waals surface area contributed by atoms with Crippen molar-refractivity contribution in [3.05, 3.63) is 53.9 Å². The fourth-order valence-corrected chi connectivity index (χ4v) is 5.26. The third-order valence-corrected chi connectivity index (χ3v) is 6.70. The zero-order chi connectivity index (χ0) is 22.0. The van der Waals surface area contributed by atoms with E-state index in [9.17, 15) is 9.59 Å². The van der Waals surface area contributed by atoms with Crippen molar-refractivity contribution in [2.24, 2.45) is 5.41 Å². The average Bonchev–Trinajstić information content (AvgIpc) is 3.11. The number of benzene rings is 1. The van der Waals surface area contributed by atoms with E-state index in [-0.39, 0.29) is 24.3 Å². The number of piperidine rings is 1. The standard InChI is InChI=1S/C24H28N2O5/c1-29-19-11-12-25-18(22(19)30-2)14-24(23(28)31-3)20-10-9-17(13-21(24)27)26(20)15-16-7-5-4-6-8-16/h4-8,11-12,17,20H,9-10,13-15H2,1-3H3/t17-,20-,24+/m1/s1. The van der Waals surface area contributed by atoms with E-state index < -0.39 is 11.4 Å². The third-order valence-electron chi connectivity index (χ3n) is 6.70. The highest BCUT2D eigenvalue weighted by Gasteiger charge is 2.61. The summed E-state index contributed by atoms with van der Waals surface area (Å²) in [4.78, 5) is 33.5. The van der Waals surface area contributed by atoms with Crippen molar-refractivity contribution in [2.45, 2.75) is 44.3 Å². The Morgan fingerprint density at radius 1 is 1.13 bits per heavy atom. The number of hydrogen-bond acceptors (Lipinski definition) is 7. The van der Waals surface area contributed by atoms with Crippen LogP contribution in [-0.4, -0.2) is 55.0 Å². The van der Waals surface area contributed by atoms with E-state index in [2.05, 4.69) is 22.0 Å². The fourth-order valence-electron chi connectivity index (χ4n) is 5.26. The van der Waals surface area contributed by atoms with Crippen molar-refractivity contribution >= 4 is 11.8 Å². The maximum absolute atomic E-state index is 13.5. The van der Waals surface area contributed by atoms with Gasteiger partial charge in [-0.2, -0.15) is 0 Å². The predicted octanol–water partition coefficient (Wildman–Crippen LogP) is 2.81. The Hall–Kier alpha value is -2.93. The Bertz CT molecular complexity index is 964. The Kier molecular flexibility index (Phi) is 5.96. The summed E-state index contributed by atoms with van der Waals surface area (Å²) in [6, 6.07) is 11.7. The number of pyridine rings is 1. The van der Waals surface area contributed by atoms with E-state index in [1.54, 1.807) is 19.4 Å². The minimum atomic E-state index is -1.33. The number of Topliss-reactive ketones (excluding diaryl/α,β-unsaturated/α-hetero) is 1. The molecule has 0 aliphatic carbocycles. The van der Waals surface area contributed by atoms with E-state index in [1.807, 2.05) is 18.2 Å². The highest BCUT2D eigenvalue weighted by molar-refractivity contribution is 6.06. The van der Waals surface area contributed by atoms with Gasteiger partial charge < -0.3 is 14.2 Å². The molecule has 2 saturated heterocycles. The SMILES string of the molecule is COC(=O)[C@]1(Cc2nccc(OC)c2OC)C(=O)C[C@H]2CC[C@H]1N2Cc1ccccc1. The van der Waals surface area contributed by atoms with Crippen LogP contribution in [0.5, 0.6) is 11.5 Å². The molecule has 1 aromatic heterocycles. The van der Waals surface area contributed by atoms with Gasteiger partial charge in [0.2, 0.25) is 0 Å². The molecular formula is C24H28N2O5. The molecule has 2 fully saturated rings. The smallest absolute Gasteiger partial charge is 0.321 e. The van der Waals surface area contributed by atoms with E-state index in [0.29, 0.717) is 30.2 Å². The summed E-state index contributed by atoms with van der Waals surface area (Å²) in [5.41, 5.74) is 0.346. The summed E-state index contributed by atoms with van der Waals surface area (Å²) in [7, 11) is 4.42. The van der Waals surface area contributed by atoms with Crippen molar-refractivity contribution in [1.82, 2.24) is 9.88 Å². The molecule has 3 heterocycles. The van der Waals surface area contributed by atoms with Crippen LogP contribution in [-0.2, 0) is 27.3 Å². The second-order valence-corrected chi connectivity index (χ2v) is 8.17. The number of ketones is 1. The van der Waals surface area contributed by atoms with Crippen LogP contribution in [0.1, 0.15) is 30.5 Å². The summed E-state index contributed by atoms with van der Waals surface area (Å²) in [5.74, 6) is 0.368. The zero-order valence-electron chi connectivity index (χ0n) is 18.2. The van der Waals surface area contributed by atoms with Crippen LogP contribution in [0.15, 0.2) is 42.6 Å². The summed E-state index contributed by atoms with van der Waals surface area (Å²) in [6.45, 7) is 0.685. The lowest BCUT2D eigenvalue weighted by atomic mass is 9.69. The lowest BCUT2D eigenvalue weighted by Crippen LogP contribution is -2.61. The second kappa shape index (κ2) is 8.67. The lowest BCUT2D eigenvalue weighted by molar-refractivity contribution is -0.167. The predicted molar refractivity (Wildman–Crippen MR) is 114 cm³/mol. The molecule has 2 bridgehead atoms. The van der Waals surface area contributed by atoms with Gasteiger partial charge in [0.1, 0.15) is 5.41 Å². The van der Waals surface area contributed by atoms with Crippen LogP contribution in [0.4, 0.5) is 0 Å². The minimum absolute atomic E-state index is 0.0807. The first kappa shape index (κ1) is 21.3. The summed E-state index contributed by atoms with van der Waals surface area (Å²) < 4.78 is 16.2. The number of esters is 1. The van der Waals surface area contributed by atoms with Crippen molar-refractivity contribution in [1.29, 1.82) is 0 Å². The molecule has 4 rings (SSSR count). The van der Waals surface area contributed by atoms with Crippen LogP contribution in [0.3, 0.4) is 0 Å². The molecule has 31 heavy (non-hydrogen) atoms. The molecule has 164 valence electrons. The van der Waals surface area contributed by atoms with Gasteiger partial charge in [-0.15, -0.1) is 0 Å². The number of methoxy groups -OCH3 is 3. The number of hydrogen-bond donors (Lipinski definition) is 0. The quantitative estimate of drug-likeness (QED) is 0.500. The average molecular weight is 424 g/mol. The molecule has 0 unspecified atom stereocenters. The number of ether oxygens (including phenoxy) is 3. The molecule has 7 nitrogen and oxygen atoms in total. The van der Waals surface area contributed by atoms with Gasteiger partial charge >= 0.3 is 5.97 Å². The van der Waals surface area contributed by atoms with E-state index >= 15 is 0 Å². The topological polar surface area (TPSA) is 78.0 Å². The largest absolute Gasteiger partial charge is 0.493 e. The van der Waals surface area contributed by atoms with Crippen molar-refractivity contribution in [2.75, 3.05) is 21.3 Å². The van der Waals surface area contributed by atoms with Gasteiger partial charge in [-0.1, -0.05) is 30.3 Å². The highest BCUT2D eigenvalue weighted by atomic mass is 16.5. The number of carbonyl (C=O) groups is 2. The summed E-state index contributed by atoms with van der Waals surface area (Å²) in [5, 5.41) is 0. The van der Waals surface area contributed by atoms with Gasteiger partial charge in [0, 0.05) is 43.7 Å². The molecule has 2 aliphatic heterocycles. The molecule has 2 aliphatic rings. The Labute approximate surface area is 182 Å². The minimum Gasteiger partial charge on any atom is -0.493 e. The number of fused-ring (bicyclic) bond motifs is 2. The first-order valence-corrected chi connectivity index (χ1v) is 10.5. The zero-order valence-corrected chi connectivity index (χ0v) is 18.2. The monoisotopic (exact) mass is 424 g/mol. The number of carbonyl (C=O) groups excluding carboxylic acids is 2. The molecule has 3 atom stereocenters. The second-order valence-electron chi connectivity index (χ2n) is 8.17. The summed E-state index contributed by atoms with van der Waals surface area (Å²) in [6.07, 6.45) is 3.68. The van der Waals surface area contributed by atoms with Crippen LogP contribution in [0.2, 0.25) is 0 Å². The van der Waals surface area contributed by atoms with Gasteiger partial charge in [-0.05, 0) is 18.4 Å². The van der Waals surface area contributed by atoms with Gasteiger partial charge in [0.05, 0.1) is 27.0 Å².